The van der Waals surface area contributed by atoms with E-state index in [1.54, 1.807) is 24.3 Å². The molecule has 0 aromatic heterocycles. The molecule has 2 N–H and O–H groups in total. The van der Waals surface area contributed by atoms with Gasteiger partial charge in [0, 0.05) is 19.6 Å². The van der Waals surface area contributed by atoms with E-state index in [1.807, 2.05) is 0 Å². The molecule has 1 saturated heterocycles. The molecule has 1 unspecified atom stereocenters. The molecule has 1 atom stereocenters. The lowest BCUT2D eigenvalue weighted by molar-refractivity contribution is -0.122. The Labute approximate surface area is 124 Å². The maximum absolute atomic E-state index is 11.8. The lowest BCUT2D eigenvalue weighted by Crippen LogP contribution is -2.35. The number of hydrogen-bond acceptors (Lipinski definition) is 3. The third kappa shape index (κ3) is 4.86. The van der Waals surface area contributed by atoms with E-state index in [0.717, 1.165) is 25.9 Å². The van der Waals surface area contributed by atoms with E-state index in [4.69, 9.17) is 9.84 Å². The maximum Gasteiger partial charge on any atom is 0.335 e. The summed E-state index contributed by atoms with van der Waals surface area (Å²) in [5.41, 5.74) is 0.954. The highest BCUT2D eigenvalue weighted by Crippen LogP contribution is 2.13. The Kier molecular flexibility index (Phi) is 5.75. The van der Waals surface area contributed by atoms with Crippen molar-refractivity contribution in [2.24, 2.45) is 0 Å². The first kappa shape index (κ1) is 15.5. The number of amides is 1. The van der Waals surface area contributed by atoms with E-state index in [0.29, 0.717) is 18.5 Å². The van der Waals surface area contributed by atoms with Gasteiger partial charge in [-0.3, -0.25) is 4.79 Å². The van der Waals surface area contributed by atoms with Gasteiger partial charge in [0.1, 0.15) is 0 Å². The Morgan fingerprint density at radius 3 is 2.81 bits per heavy atom. The van der Waals surface area contributed by atoms with Gasteiger partial charge in [-0.15, -0.1) is 0 Å². The molecule has 1 aliphatic rings. The Bertz CT molecular complexity index is 495. The summed E-state index contributed by atoms with van der Waals surface area (Å²) in [7, 11) is 0. The van der Waals surface area contributed by atoms with Gasteiger partial charge in [0.05, 0.1) is 11.7 Å². The van der Waals surface area contributed by atoms with Gasteiger partial charge >= 0.3 is 5.97 Å². The van der Waals surface area contributed by atoms with Crippen molar-refractivity contribution < 1.29 is 19.4 Å². The molecular formula is C16H21NO4. The third-order valence-corrected chi connectivity index (χ3v) is 3.67. The minimum atomic E-state index is -0.957. The first-order chi connectivity index (χ1) is 10.2. The second-order valence-electron chi connectivity index (χ2n) is 5.25. The molecule has 5 heteroatoms. The smallest absolute Gasteiger partial charge is 0.335 e. The van der Waals surface area contributed by atoms with Crippen LogP contribution >= 0.6 is 0 Å². The molecule has 1 aliphatic heterocycles. The van der Waals surface area contributed by atoms with Crippen molar-refractivity contribution in [3.05, 3.63) is 35.4 Å². The van der Waals surface area contributed by atoms with Crippen LogP contribution in [0.2, 0.25) is 0 Å². The Morgan fingerprint density at radius 1 is 1.29 bits per heavy atom. The lowest BCUT2D eigenvalue weighted by atomic mass is 10.0. The summed E-state index contributed by atoms with van der Waals surface area (Å²) in [4.78, 5) is 22.9. The Morgan fingerprint density at radius 2 is 2.10 bits per heavy atom. The number of carboxylic acids is 1. The zero-order valence-electron chi connectivity index (χ0n) is 12.0. The largest absolute Gasteiger partial charge is 0.478 e. The van der Waals surface area contributed by atoms with Crippen molar-refractivity contribution in [1.29, 1.82) is 0 Å². The van der Waals surface area contributed by atoms with Crippen LogP contribution in [-0.4, -0.2) is 36.2 Å². The van der Waals surface area contributed by atoms with Gasteiger partial charge in [0.25, 0.3) is 0 Å². The number of ether oxygens (including phenoxy) is 1. The molecule has 1 amide bonds. The highest BCUT2D eigenvalue weighted by atomic mass is 16.5. The molecular weight excluding hydrogens is 270 g/mol. The summed E-state index contributed by atoms with van der Waals surface area (Å²) in [5, 5.41) is 11.9. The maximum atomic E-state index is 11.8. The van der Waals surface area contributed by atoms with Gasteiger partial charge in [0.2, 0.25) is 5.91 Å². The second kappa shape index (κ2) is 7.78. The molecule has 1 fully saturated rings. The van der Waals surface area contributed by atoms with E-state index in [2.05, 4.69) is 5.32 Å². The molecule has 2 rings (SSSR count). The monoisotopic (exact) mass is 291 g/mol. The van der Waals surface area contributed by atoms with Crippen LogP contribution in [0.25, 0.3) is 0 Å². The number of carbonyl (C=O) groups is 2. The summed E-state index contributed by atoms with van der Waals surface area (Å²) in [6.45, 7) is 1.31. The number of carbonyl (C=O) groups excluding carboxylic acids is 1. The zero-order valence-corrected chi connectivity index (χ0v) is 12.0. The van der Waals surface area contributed by atoms with Crippen LogP contribution in [0.15, 0.2) is 24.3 Å². The van der Waals surface area contributed by atoms with E-state index < -0.39 is 5.97 Å². The molecule has 0 radical (unpaired) electrons. The Balaban J connectivity index is 1.77. The van der Waals surface area contributed by atoms with Crippen molar-refractivity contribution in [1.82, 2.24) is 5.32 Å². The third-order valence-electron chi connectivity index (χ3n) is 3.67. The van der Waals surface area contributed by atoms with E-state index >= 15 is 0 Å². The summed E-state index contributed by atoms with van der Waals surface area (Å²) in [5.74, 6) is -1.02. The van der Waals surface area contributed by atoms with Crippen molar-refractivity contribution in [3.63, 3.8) is 0 Å². The van der Waals surface area contributed by atoms with Crippen molar-refractivity contribution >= 4 is 11.9 Å². The molecule has 21 heavy (non-hydrogen) atoms. The predicted molar refractivity (Wildman–Crippen MR) is 78.3 cm³/mol. The molecule has 0 bridgehead atoms. The van der Waals surface area contributed by atoms with Crippen LogP contribution < -0.4 is 5.32 Å². The van der Waals surface area contributed by atoms with Crippen LogP contribution in [0.3, 0.4) is 0 Å². The van der Waals surface area contributed by atoms with Crippen LogP contribution in [0, 0.1) is 0 Å². The summed E-state index contributed by atoms with van der Waals surface area (Å²) in [6, 6.07) is 6.79. The lowest BCUT2D eigenvalue weighted by Gasteiger charge is -2.22. The normalized spacial score (nSPS) is 18.2. The summed E-state index contributed by atoms with van der Waals surface area (Å²) >= 11 is 0. The highest BCUT2D eigenvalue weighted by Gasteiger charge is 2.15. The molecule has 0 saturated carbocycles. The fourth-order valence-corrected chi connectivity index (χ4v) is 2.48. The molecule has 0 spiro atoms. The van der Waals surface area contributed by atoms with Gasteiger partial charge in [-0.1, -0.05) is 18.2 Å². The van der Waals surface area contributed by atoms with Gasteiger partial charge in [-0.2, -0.15) is 0 Å². The molecule has 1 aromatic rings. The number of nitrogens with one attached hydrogen (secondary N) is 1. The van der Waals surface area contributed by atoms with E-state index in [-0.39, 0.29) is 24.0 Å². The zero-order chi connectivity index (χ0) is 15.1. The number of rotatable bonds is 6. The van der Waals surface area contributed by atoms with Gasteiger partial charge < -0.3 is 15.2 Å². The van der Waals surface area contributed by atoms with Crippen molar-refractivity contribution in [2.45, 2.75) is 38.2 Å². The summed E-state index contributed by atoms with van der Waals surface area (Å²) < 4.78 is 5.55. The van der Waals surface area contributed by atoms with Crippen LogP contribution in [-0.2, 0) is 16.0 Å². The fourth-order valence-electron chi connectivity index (χ4n) is 2.48. The quantitative estimate of drug-likeness (QED) is 0.840. The average molecular weight is 291 g/mol. The average Bonchev–Trinajstić information content (AvgIpc) is 2.52. The predicted octanol–water partition coefficient (Wildman–Crippen LogP) is 2.00. The first-order valence-corrected chi connectivity index (χ1v) is 7.36. The van der Waals surface area contributed by atoms with Crippen molar-refractivity contribution in [2.75, 3.05) is 13.2 Å². The van der Waals surface area contributed by atoms with E-state index in [9.17, 15) is 9.59 Å². The topological polar surface area (TPSA) is 75.6 Å². The molecule has 5 nitrogen and oxygen atoms in total. The molecule has 114 valence electrons. The minimum absolute atomic E-state index is 0.0654. The number of aromatic carboxylic acids is 1. The SMILES string of the molecule is O=C(CCc1ccccc1C(=O)O)NCC1CCCCO1. The standard InChI is InChI=1S/C16H21NO4/c18-15(17-11-13-6-3-4-10-21-13)9-8-12-5-1-2-7-14(12)16(19)20/h1-2,5,7,13H,3-4,6,8-11H2,(H,17,18)(H,19,20). The molecule has 1 heterocycles. The number of hydrogen-bond donors (Lipinski definition) is 2. The van der Waals surface area contributed by atoms with Crippen LogP contribution in [0.5, 0.6) is 0 Å². The first-order valence-electron chi connectivity index (χ1n) is 7.36. The molecule has 0 aliphatic carbocycles. The number of carboxylic acid groups (broad SMARTS) is 1. The minimum Gasteiger partial charge on any atom is -0.478 e. The molecule has 1 aromatic carbocycles. The number of benzene rings is 1. The van der Waals surface area contributed by atoms with Gasteiger partial charge in [0.15, 0.2) is 0 Å². The van der Waals surface area contributed by atoms with Crippen molar-refractivity contribution in [3.8, 4) is 0 Å². The fraction of sp³-hybridized carbons (Fsp3) is 0.500. The Hall–Kier alpha value is -1.88. The second-order valence-corrected chi connectivity index (χ2v) is 5.25. The van der Waals surface area contributed by atoms with Crippen LogP contribution in [0.4, 0.5) is 0 Å². The van der Waals surface area contributed by atoms with Crippen LogP contribution in [0.1, 0.15) is 41.6 Å². The van der Waals surface area contributed by atoms with E-state index in [1.165, 1.54) is 0 Å². The number of aryl methyl sites for hydroxylation is 1. The van der Waals surface area contributed by atoms with Gasteiger partial charge in [-0.25, -0.2) is 4.79 Å². The van der Waals surface area contributed by atoms with Gasteiger partial charge in [-0.05, 0) is 37.3 Å². The summed E-state index contributed by atoms with van der Waals surface area (Å²) in [6.07, 6.45) is 4.07. The highest BCUT2D eigenvalue weighted by molar-refractivity contribution is 5.89.